The van der Waals surface area contributed by atoms with E-state index in [0.29, 0.717) is 11.8 Å². The molecule has 3 nitrogen and oxygen atoms in total. The van der Waals surface area contributed by atoms with Gasteiger partial charge in [-0.05, 0) is 44.8 Å². The van der Waals surface area contributed by atoms with Crippen LogP contribution in [0.3, 0.4) is 0 Å². The number of halogens is 1. The van der Waals surface area contributed by atoms with E-state index in [4.69, 9.17) is 0 Å². The molecule has 0 spiro atoms. The number of nitrogens with one attached hydrogen (secondary N) is 1. The lowest BCUT2D eigenvalue weighted by Crippen LogP contribution is -2.45. The van der Waals surface area contributed by atoms with E-state index in [0.717, 1.165) is 31.8 Å². The number of thioether (sulfide) groups is 1. The van der Waals surface area contributed by atoms with Crippen LogP contribution in [0, 0.1) is 5.92 Å². The summed E-state index contributed by atoms with van der Waals surface area (Å²) in [6.45, 7) is 4.89. The smallest absolute Gasteiger partial charge is 0.235 e. The van der Waals surface area contributed by atoms with Crippen LogP contribution in [0.15, 0.2) is 30.3 Å². The first-order chi connectivity index (χ1) is 10.2. The fourth-order valence-corrected chi connectivity index (χ4v) is 3.77. The summed E-state index contributed by atoms with van der Waals surface area (Å²) in [7, 11) is 1.99. The molecule has 0 aliphatic carbocycles. The summed E-state index contributed by atoms with van der Waals surface area (Å²) in [6, 6.07) is 10.4. The Morgan fingerprint density at radius 2 is 2.14 bits per heavy atom. The summed E-state index contributed by atoms with van der Waals surface area (Å²) in [6.07, 6.45) is 2.37. The maximum Gasteiger partial charge on any atom is 0.235 e. The van der Waals surface area contributed by atoms with Crippen LogP contribution in [0.2, 0.25) is 0 Å². The number of carbonyl (C=O) groups excluding carboxylic acids is 1. The summed E-state index contributed by atoms with van der Waals surface area (Å²) in [4.78, 5) is 14.6. The third-order valence-corrected chi connectivity index (χ3v) is 5.22. The molecule has 22 heavy (non-hydrogen) atoms. The molecule has 1 heterocycles. The molecule has 2 atom stereocenters. The molecular formula is C17H27ClN2OS. The van der Waals surface area contributed by atoms with E-state index in [-0.39, 0.29) is 17.7 Å². The van der Waals surface area contributed by atoms with Crippen molar-refractivity contribution in [1.29, 1.82) is 0 Å². The first kappa shape index (κ1) is 19.3. The number of piperidine rings is 1. The van der Waals surface area contributed by atoms with Crippen molar-refractivity contribution in [2.24, 2.45) is 5.92 Å². The Hall–Kier alpha value is -0.710. The molecular weight excluding hydrogens is 316 g/mol. The highest BCUT2D eigenvalue weighted by atomic mass is 35.5. The average molecular weight is 343 g/mol. The van der Waals surface area contributed by atoms with E-state index in [1.807, 2.05) is 20.0 Å². The number of carbonyl (C=O) groups is 1. The molecule has 124 valence electrons. The van der Waals surface area contributed by atoms with Gasteiger partial charge >= 0.3 is 0 Å². The zero-order chi connectivity index (χ0) is 15.1. The Bertz CT molecular complexity index is 442. The third kappa shape index (κ3) is 5.82. The summed E-state index contributed by atoms with van der Waals surface area (Å²) in [5, 5.41) is 3.27. The lowest BCUT2D eigenvalue weighted by molar-refractivity contribution is -0.132. The topological polar surface area (TPSA) is 32.3 Å². The van der Waals surface area contributed by atoms with Crippen LogP contribution in [0.1, 0.15) is 25.3 Å². The molecule has 1 aliphatic heterocycles. The SMILES string of the molecule is CNCC1CCCN(C(=O)C(C)SCc2ccccc2)C1.Cl. The molecule has 0 bridgehead atoms. The number of amides is 1. The molecule has 1 saturated heterocycles. The van der Waals surface area contributed by atoms with Crippen LogP contribution in [0.5, 0.6) is 0 Å². The van der Waals surface area contributed by atoms with Crippen LogP contribution < -0.4 is 5.32 Å². The van der Waals surface area contributed by atoms with Gasteiger partial charge in [-0.15, -0.1) is 24.2 Å². The number of hydrogen-bond donors (Lipinski definition) is 1. The van der Waals surface area contributed by atoms with Gasteiger partial charge in [0.1, 0.15) is 0 Å². The van der Waals surface area contributed by atoms with Gasteiger partial charge in [-0.25, -0.2) is 0 Å². The van der Waals surface area contributed by atoms with Gasteiger partial charge in [0.25, 0.3) is 0 Å². The molecule has 1 aliphatic rings. The quantitative estimate of drug-likeness (QED) is 0.861. The zero-order valence-electron chi connectivity index (χ0n) is 13.5. The Kier molecular flexibility index (Phi) is 8.91. The number of rotatable bonds is 6. The van der Waals surface area contributed by atoms with Gasteiger partial charge in [0.05, 0.1) is 5.25 Å². The molecule has 1 aromatic rings. The van der Waals surface area contributed by atoms with E-state index >= 15 is 0 Å². The lowest BCUT2D eigenvalue weighted by Gasteiger charge is -2.34. The molecule has 1 aromatic carbocycles. The highest BCUT2D eigenvalue weighted by Crippen LogP contribution is 2.22. The van der Waals surface area contributed by atoms with Crippen LogP contribution in [-0.4, -0.2) is 42.7 Å². The van der Waals surface area contributed by atoms with Gasteiger partial charge in [0.2, 0.25) is 5.91 Å². The van der Waals surface area contributed by atoms with Crippen molar-refractivity contribution < 1.29 is 4.79 Å². The first-order valence-corrected chi connectivity index (χ1v) is 8.84. The van der Waals surface area contributed by atoms with Crippen LogP contribution in [0.25, 0.3) is 0 Å². The van der Waals surface area contributed by atoms with Crippen molar-refractivity contribution >= 4 is 30.1 Å². The lowest BCUT2D eigenvalue weighted by atomic mass is 9.98. The van der Waals surface area contributed by atoms with Crippen LogP contribution in [0.4, 0.5) is 0 Å². The number of likely N-dealkylation sites (tertiary alicyclic amines) is 1. The maximum atomic E-state index is 12.6. The highest BCUT2D eigenvalue weighted by Gasteiger charge is 2.26. The van der Waals surface area contributed by atoms with Crippen molar-refractivity contribution in [3.8, 4) is 0 Å². The van der Waals surface area contributed by atoms with E-state index in [1.165, 1.54) is 12.0 Å². The summed E-state index contributed by atoms with van der Waals surface area (Å²) >= 11 is 1.74. The minimum atomic E-state index is 0. The second-order valence-corrected chi connectivity index (χ2v) is 7.12. The molecule has 2 rings (SSSR count). The molecule has 5 heteroatoms. The van der Waals surface area contributed by atoms with Gasteiger partial charge in [0.15, 0.2) is 0 Å². The normalized spacial score (nSPS) is 19.4. The fourth-order valence-electron chi connectivity index (χ4n) is 2.84. The average Bonchev–Trinajstić information content (AvgIpc) is 2.53. The molecule has 1 amide bonds. The van der Waals surface area contributed by atoms with Gasteiger partial charge < -0.3 is 10.2 Å². The van der Waals surface area contributed by atoms with Crippen LogP contribution in [-0.2, 0) is 10.5 Å². The summed E-state index contributed by atoms with van der Waals surface area (Å²) < 4.78 is 0. The van der Waals surface area contributed by atoms with Crippen LogP contribution >= 0.6 is 24.2 Å². The van der Waals surface area contributed by atoms with E-state index in [2.05, 4.69) is 34.5 Å². The van der Waals surface area contributed by atoms with Gasteiger partial charge in [0, 0.05) is 18.8 Å². The van der Waals surface area contributed by atoms with Crippen molar-refractivity contribution in [1.82, 2.24) is 10.2 Å². The Balaban J connectivity index is 0.00000242. The Morgan fingerprint density at radius 1 is 1.41 bits per heavy atom. The molecule has 1 N–H and O–H groups in total. The van der Waals surface area contributed by atoms with Crippen molar-refractivity contribution in [2.45, 2.75) is 30.8 Å². The summed E-state index contributed by atoms with van der Waals surface area (Å²) in [5.74, 6) is 1.82. The number of benzene rings is 1. The van der Waals surface area contributed by atoms with Crippen molar-refractivity contribution in [2.75, 3.05) is 26.7 Å². The minimum absolute atomic E-state index is 0. The predicted molar refractivity (Wildman–Crippen MR) is 97.7 cm³/mol. The molecule has 0 aromatic heterocycles. The number of hydrogen-bond acceptors (Lipinski definition) is 3. The predicted octanol–water partition coefficient (Wildman–Crippen LogP) is 3.19. The Morgan fingerprint density at radius 3 is 2.82 bits per heavy atom. The van der Waals surface area contributed by atoms with E-state index in [1.54, 1.807) is 11.8 Å². The largest absolute Gasteiger partial charge is 0.341 e. The van der Waals surface area contributed by atoms with Crippen molar-refractivity contribution in [3.05, 3.63) is 35.9 Å². The monoisotopic (exact) mass is 342 g/mol. The molecule has 1 fully saturated rings. The molecule has 0 radical (unpaired) electrons. The highest BCUT2D eigenvalue weighted by molar-refractivity contribution is 7.99. The second kappa shape index (κ2) is 10.1. The molecule has 2 unspecified atom stereocenters. The standard InChI is InChI=1S/C17H26N2OS.ClH/c1-14(21-13-15-7-4-3-5-8-15)17(20)19-10-6-9-16(12-19)11-18-2;/h3-5,7-8,14,16,18H,6,9-13H2,1-2H3;1H. The van der Waals surface area contributed by atoms with E-state index in [9.17, 15) is 4.79 Å². The number of nitrogens with zero attached hydrogens (tertiary/aromatic N) is 1. The molecule has 0 saturated carbocycles. The second-order valence-electron chi connectivity index (χ2n) is 5.79. The first-order valence-electron chi connectivity index (χ1n) is 7.79. The third-order valence-electron chi connectivity index (χ3n) is 4.01. The zero-order valence-corrected chi connectivity index (χ0v) is 15.1. The van der Waals surface area contributed by atoms with E-state index < -0.39 is 0 Å². The van der Waals surface area contributed by atoms with Gasteiger partial charge in [-0.3, -0.25) is 4.79 Å². The van der Waals surface area contributed by atoms with Gasteiger partial charge in [-0.1, -0.05) is 30.3 Å². The maximum absolute atomic E-state index is 12.6. The minimum Gasteiger partial charge on any atom is -0.341 e. The Labute approximate surface area is 144 Å². The van der Waals surface area contributed by atoms with Crippen molar-refractivity contribution in [3.63, 3.8) is 0 Å². The van der Waals surface area contributed by atoms with Gasteiger partial charge in [-0.2, -0.15) is 0 Å². The fraction of sp³-hybridized carbons (Fsp3) is 0.588. The summed E-state index contributed by atoms with van der Waals surface area (Å²) in [5.41, 5.74) is 1.29.